The Balaban J connectivity index is 0.000000421. The zero-order valence-electron chi connectivity index (χ0n) is 24.4. The van der Waals surface area contributed by atoms with Crippen LogP contribution in [0.4, 0.5) is 30.7 Å². The van der Waals surface area contributed by atoms with Gasteiger partial charge < -0.3 is 25.2 Å². The molecule has 0 aliphatic carbocycles. The molecule has 2 heterocycles. The molecule has 2 aliphatic heterocycles. The molecule has 1 spiro atoms. The summed E-state index contributed by atoms with van der Waals surface area (Å²) in [6.45, 7) is 6.50. The Morgan fingerprint density at radius 2 is 1.47 bits per heavy atom. The van der Waals surface area contributed by atoms with E-state index in [4.69, 9.17) is 24.5 Å². The van der Waals surface area contributed by atoms with Crippen LogP contribution in [0.2, 0.25) is 0 Å². The SMILES string of the molecule is Cc1ccc(CNC(=O)C2CN(C)CC3(CCN(Cc4cccc(F)c4)CC3)O2)cc1.O=C(O)C(F)(F)F.O=C(O)C(F)(F)F. The van der Waals surface area contributed by atoms with Crippen molar-refractivity contribution < 1.29 is 60.1 Å². The van der Waals surface area contributed by atoms with Crippen molar-refractivity contribution in [3.63, 3.8) is 0 Å². The molecule has 0 saturated carbocycles. The molecule has 1 amide bonds. The second-order valence-electron chi connectivity index (χ2n) is 10.7. The van der Waals surface area contributed by atoms with Crippen LogP contribution in [0.25, 0.3) is 0 Å². The monoisotopic (exact) mass is 653 g/mol. The zero-order valence-corrected chi connectivity index (χ0v) is 24.4. The summed E-state index contributed by atoms with van der Waals surface area (Å²) in [4.78, 5) is 35.2. The number of likely N-dealkylation sites (tertiary alicyclic amines) is 1. The molecule has 0 bridgehead atoms. The van der Waals surface area contributed by atoms with Gasteiger partial charge in [-0.1, -0.05) is 42.0 Å². The van der Waals surface area contributed by atoms with Crippen LogP contribution in [0.15, 0.2) is 48.5 Å². The van der Waals surface area contributed by atoms with Gasteiger partial charge in [0.15, 0.2) is 0 Å². The van der Waals surface area contributed by atoms with E-state index in [0.29, 0.717) is 13.1 Å². The quantitative estimate of drug-likeness (QED) is 0.407. The summed E-state index contributed by atoms with van der Waals surface area (Å²) in [6.07, 6.45) is -8.89. The first-order valence-electron chi connectivity index (χ1n) is 13.6. The summed E-state index contributed by atoms with van der Waals surface area (Å²) < 4.78 is 83.4. The number of halogens is 7. The summed E-state index contributed by atoms with van der Waals surface area (Å²) in [5.41, 5.74) is 2.99. The highest BCUT2D eigenvalue weighted by molar-refractivity contribution is 5.81. The highest BCUT2D eigenvalue weighted by Gasteiger charge is 2.44. The van der Waals surface area contributed by atoms with E-state index < -0.39 is 30.4 Å². The first-order chi connectivity index (χ1) is 20.8. The number of morpholine rings is 1. The fourth-order valence-corrected chi connectivity index (χ4v) is 4.65. The van der Waals surface area contributed by atoms with Crippen molar-refractivity contribution in [1.82, 2.24) is 15.1 Å². The topological polar surface area (TPSA) is 119 Å². The minimum absolute atomic E-state index is 0.0475. The number of carbonyl (C=O) groups is 3. The first-order valence-corrected chi connectivity index (χ1v) is 13.6. The molecule has 250 valence electrons. The van der Waals surface area contributed by atoms with Gasteiger partial charge in [-0.3, -0.25) is 9.69 Å². The largest absolute Gasteiger partial charge is 0.490 e. The maximum atomic E-state index is 13.5. The molecule has 2 aromatic rings. The van der Waals surface area contributed by atoms with Crippen LogP contribution < -0.4 is 5.32 Å². The predicted molar refractivity (Wildman–Crippen MR) is 146 cm³/mol. The zero-order chi connectivity index (χ0) is 34.0. The average molecular weight is 654 g/mol. The third-order valence-electron chi connectivity index (χ3n) is 6.86. The number of rotatable bonds is 5. The molecule has 0 radical (unpaired) electrons. The van der Waals surface area contributed by atoms with Crippen LogP contribution in [0.3, 0.4) is 0 Å². The average Bonchev–Trinajstić information content (AvgIpc) is 2.93. The lowest BCUT2D eigenvalue weighted by Crippen LogP contribution is -2.61. The van der Waals surface area contributed by atoms with Crippen LogP contribution in [0.1, 0.15) is 29.5 Å². The molecule has 2 saturated heterocycles. The van der Waals surface area contributed by atoms with Gasteiger partial charge in [0.05, 0.1) is 5.60 Å². The van der Waals surface area contributed by atoms with Gasteiger partial charge in [0.1, 0.15) is 11.9 Å². The number of piperidine rings is 1. The van der Waals surface area contributed by atoms with Gasteiger partial charge in [-0.15, -0.1) is 0 Å². The Bertz CT molecular complexity index is 1260. The highest BCUT2D eigenvalue weighted by Crippen LogP contribution is 2.32. The van der Waals surface area contributed by atoms with Crippen molar-refractivity contribution in [3.05, 3.63) is 71.0 Å². The van der Waals surface area contributed by atoms with E-state index in [1.54, 1.807) is 12.1 Å². The molecule has 2 aliphatic rings. The first kappa shape index (κ1) is 37.4. The number of amides is 1. The molecule has 2 aromatic carbocycles. The lowest BCUT2D eigenvalue weighted by atomic mass is 9.88. The lowest BCUT2D eigenvalue weighted by Gasteiger charge is -2.48. The fourth-order valence-electron chi connectivity index (χ4n) is 4.65. The number of alkyl halides is 6. The Morgan fingerprint density at radius 3 is 1.96 bits per heavy atom. The van der Waals surface area contributed by atoms with Crippen molar-refractivity contribution in [2.24, 2.45) is 0 Å². The molecule has 45 heavy (non-hydrogen) atoms. The summed E-state index contributed by atoms with van der Waals surface area (Å²) in [7, 11) is 2.06. The Kier molecular flexibility index (Phi) is 13.3. The molecule has 9 nitrogen and oxygen atoms in total. The maximum absolute atomic E-state index is 13.5. The molecule has 3 N–H and O–H groups in total. The molecule has 0 aromatic heterocycles. The van der Waals surface area contributed by atoms with Crippen molar-refractivity contribution >= 4 is 17.8 Å². The summed E-state index contributed by atoms with van der Waals surface area (Å²) in [5.74, 6) is -5.75. The maximum Gasteiger partial charge on any atom is 0.490 e. The van der Waals surface area contributed by atoms with Crippen molar-refractivity contribution in [3.8, 4) is 0 Å². The number of benzene rings is 2. The standard InChI is InChI=1S/C25H32FN3O2.2C2HF3O2/c1-19-6-8-20(9-7-19)15-27-24(30)23-17-28(2)18-25(31-23)10-12-29(13-11-25)16-21-4-3-5-22(26)14-21;2*3-2(4,5)1(6)7/h3-9,14,23H,10-13,15-18H2,1-2H3,(H,27,30);2*(H,6,7). The summed E-state index contributed by atoms with van der Waals surface area (Å²) in [6, 6.07) is 15.0. The van der Waals surface area contributed by atoms with E-state index in [1.165, 1.54) is 11.6 Å². The van der Waals surface area contributed by atoms with E-state index in [9.17, 15) is 35.5 Å². The van der Waals surface area contributed by atoms with Crippen LogP contribution >= 0.6 is 0 Å². The summed E-state index contributed by atoms with van der Waals surface area (Å²) >= 11 is 0. The minimum atomic E-state index is -5.08. The number of nitrogens with zero attached hydrogens (tertiary/aromatic N) is 2. The second kappa shape index (κ2) is 16.0. The van der Waals surface area contributed by atoms with Crippen LogP contribution in [0, 0.1) is 12.7 Å². The Hall–Kier alpha value is -3.76. The molecule has 1 unspecified atom stereocenters. The number of carboxylic acids is 2. The lowest BCUT2D eigenvalue weighted by molar-refractivity contribution is -0.193. The molecular weight excluding hydrogens is 619 g/mol. The Morgan fingerprint density at radius 1 is 0.933 bits per heavy atom. The number of aliphatic carboxylic acids is 2. The van der Waals surface area contributed by atoms with Crippen molar-refractivity contribution in [1.29, 1.82) is 0 Å². The Labute approximate surface area is 254 Å². The second-order valence-corrected chi connectivity index (χ2v) is 10.7. The van der Waals surface area contributed by atoms with E-state index in [0.717, 1.165) is 50.1 Å². The minimum Gasteiger partial charge on any atom is -0.475 e. The van der Waals surface area contributed by atoms with Crippen LogP contribution in [-0.2, 0) is 32.2 Å². The number of carbonyl (C=O) groups excluding carboxylic acids is 1. The van der Waals surface area contributed by atoms with E-state index in [-0.39, 0.29) is 17.3 Å². The number of nitrogens with one attached hydrogen (secondary N) is 1. The van der Waals surface area contributed by atoms with Gasteiger partial charge in [0.2, 0.25) is 0 Å². The van der Waals surface area contributed by atoms with Gasteiger partial charge >= 0.3 is 24.3 Å². The number of carboxylic acid groups (broad SMARTS) is 2. The fraction of sp³-hybridized carbons (Fsp3) is 0.483. The van der Waals surface area contributed by atoms with Gasteiger partial charge in [-0.25, -0.2) is 14.0 Å². The number of aryl methyl sites for hydroxylation is 1. The third-order valence-corrected chi connectivity index (χ3v) is 6.86. The molecule has 2 fully saturated rings. The highest BCUT2D eigenvalue weighted by atomic mass is 19.4. The van der Waals surface area contributed by atoms with Gasteiger partial charge in [-0.2, -0.15) is 26.3 Å². The van der Waals surface area contributed by atoms with Crippen molar-refractivity contribution in [2.75, 3.05) is 33.2 Å². The van der Waals surface area contributed by atoms with Crippen LogP contribution in [0.5, 0.6) is 0 Å². The molecule has 1 atom stereocenters. The van der Waals surface area contributed by atoms with Gasteiger partial charge in [0.25, 0.3) is 5.91 Å². The molecule has 16 heteroatoms. The van der Waals surface area contributed by atoms with E-state index in [1.807, 2.05) is 18.2 Å². The smallest absolute Gasteiger partial charge is 0.475 e. The number of hydrogen-bond donors (Lipinski definition) is 3. The van der Waals surface area contributed by atoms with Gasteiger partial charge in [-0.05, 0) is 50.1 Å². The van der Waals surface area contributed by atoms with E-state index >= 15 is 0 Å². The van der Waals surface area contributed by atoms with E-state index in [2.05, 4.69) is 41.2 Å². The van der Waals surface area contributed by atoms with Crippen LogP contribution in [-0.4, -0.2) is 95.1 Å². The number of likely N-dealkylation sites (N-methyl/N-ethyl adjacent to an activating group) is 1. The predicted octanol–water partition coefficient (Wildman–Crippen LogP) is 4.38. The molecular formula is C29H34F7N3O6. The number of hydrogen-bond acceptors (Lipinski definition) is 6. The normalized spacial score (nSPS) is 18.6. The molecule has 4 rings (SSSR count). The number of ether oxygens (including phenoxy) is 1. The third kappa shape index (κ3) is 13.0. The summed E-state index contributed by atoms with van der Waals surface area (Å²) in [5, 5.41) is 17.3. The van der Waals surface area contributed by atoms with Crippen molar-refractivity contribution in [2.45, 2.75) is 56.9 Å². The van der Waals surface area contributed by atoms with Gasteiger partial charge in [0, 0.05) is 39.3 Å².